The maximum absolute atomic E-state index is 13.3. The van der Waals surface area contributed by atoms with Crippen molar-refractivity contribution in [1.29, 1.82) is 0 Å². The van der Waals surface area contributed by atoms with Crippen molar-refractivity contribution in [2.24, 2.45) is 11.8 Å². The van der Waals surface area contributed by atoms with E-state index in [0.717, 1.165) is 24.6 Å². The number of hydrogen-bond acceptors (Lipinski definition) is 1. The Kier molecular flexibility index (Phi) is 4.39. The van der Waals surface area contributed by atoms with E-state index in [4.69, 9.17) is 0 Å². The normalized spacial score (nSPS) is 23.2. The minimum Gasteiger partial charge on any atom is -0.316 e. The van der Waals surface area contributed by atoms with Crippen LogP contribution in [0.4, 0.5) is 4.39 Å². The van der Waals surface area contributed by atoms with Crippen molar-refractivity contribution in [2.45, 2.75) is 39.5 Å². The summed E-state index contributed by atoms with van der Waals surface area (Å²) in [7, 11) is 0. The summed E-state index contributed by atoms with van der Waals surface area (Å²) in [4.78, 5) is 0. The van der Waals surface area contributed by atoms with Crippen LogP contribution in [0.3, 0.4) is 0 Å². The molecule has 0 saturated heterocycles. The van der Waals surface area contributed by atoms with Crippen LogP contribution in [0.25, 0.3) is 0 Å². The van der Waals surface area contributed by atoms with E-state index in [1.165, 1.54) is 18.4 Å². The summed E-state index contributed by atoms with van der Waals surface area (Å²) >= 11 is 0. The van der Waals surface area contributed by atoms with E-state index in [-0.39, 0.29) is 5.82 Å². The molecule has 1 aromatic rings. The van der Waals surface area contributed by atoms with Crippen molar-refractivity contribution in [3.05, 3.63) is 35.1 Å². The van der Waals surface area contributed by atoms with Crippen molar-refractivity contribution >= 4 is 0 Å². The summed E-state index contributed by atoms with van der Waals surface area (Å²) in [6.07, 6.45) is 2.55. The zero-order chi connectivity index (χ0) is 13.1. The number of halogens is 1. The van der Waals surface area contributed by atoms with Gasteiger partial charge in [0.15, 0.2) is 0 Å². The summed E-state index contributed by atoms with van der Waals surface area (Å²) in [6.45, 7) is 8.50. The van der Waals surface area contributed by atoms with Crippen LogP contribution >= 0.6 is 0 Å². The minimum atomic E-state index is -0.0902. The summed E-state index contributed by atoms with van der Waals surface area (Å²) in [6, 6.07) is 5.60. The van der Waals surface area contributed by atoms with Crippen molar-refractivity contribution < 1.29 is 4.39 Å². The van der Waals surface area contributed by atoms with Gasteiger partial charge < -0.3 is 5.32 Å². The Morgan fingerprint density at radius 1 is 1.33 bits per heavy atom. The predicted octanol–water partition coefficient (Wildman–Crippen LogP) is 3.87. The Balaban J connectivity index is 1.91. The zero-order valence-electron chi connectivity index (χ0n) is 11.7. The highest BCUT2D eigenvalue weighted by atomic mass is 19.1. The maximum Gasteiger partial charge on any atom is 0.126 e. The second kappa shape index (κ2) is 5.83. The fraction of sp³-hybridized carbons (Fsp3) is 0.625. The number of nitrogens with one attached hydrogen (secondary N) is 1. The predicted molar refractivity (Wildman–Crippen MR) is 74.3 cm³/mol. The molecule has 0 aliphatic heterocycles. The first-order chi connectivity index (χ1) is 8.58. The molecule has 1 saturated carbocycles. The van der Waals surface area contributed by atoms with Gasteiger partial charge >= 0.3 is 0 Å². The zero-order valence-corrected chi connectivity index (χ0v) is 11.7. The van der Waals surface area contributed by atoms with E-state index in [2.05, 4.69) is 19.2 Å². The second-order valence-corrected chi connectivity index (χ2v) is 6.00. The average molecular weight is 249 g/mol. The molecule has 1 aromatic carbocycles. The quantitative estimate of drug-likeness (QED) is 0.835. The highest BCUT2D eigenvalue weighted by Gasteiger charge is 2.31. The lowest BCUT2D eigenvalue weighted by molar-refractivity contribution is 0.243. The number of benzene rings is 1. The van der Waals surface area contributed by atoms with E-state index in [0.29, 0.717) is 11.8 Å². The standard InChI is InChI=1S/C16H24FN/c1-11(2)9-18-10-14-4-6-15(14)13-5-7-16(17)12(3)8-13/h5,7-8,11,14-15,18H,4,6,9-10H2,1-3H3. The van der Waals surface area contributed by atoms with Gasteiger partial charge in [-0.25, -0.2) is 4.39 Å². The molecule has 0 spiro atoms. The Bertz CT molecular complexity index is 400. The number of rotatable bonds is 5. The van der Waals surface area contributed by atoms with Crippen molar-refractivity contribution in [3.8, 4) is 0 Å². The molecule has 0 bridgehead atoms. The molecule has 1 aliphatic rings. The van der Waals surface area contributed by atoms with Crippen LogP contribution < -0.4 is 5.32 Å². The third-order valence-electron chi connectivity index (χ3n) is 3.99. The lowest BCUT2D eigenvalue weighted by Gasteiger charge is -2.37. The molecule has 2 unspecified atom stereocenters. The molecule has 0 radical (unpaired) electrons. The molecule has 0 aromatic heterocycles. The maximum atomic E-state index is 13.3. The molecule has 0 heterocycles. The lowest BCUT2D eigenvalue weighted by Crippen LogP contribution is -2.35. The molecule has 2 heteroatoms. The lowest BCUT2D eigenvalue weighted by atomic mass is 9.70. The van der Waals surface area contributed by atoms with E-state index in [1.54, 1.807) is 6.07 Å². The van der Waals surface area contributed by atoms with Crippen LogP contribution in [0.2, 0.25) is 0 Å². The summed E-state index contributed by atoms with van der Waals surface area (Å²) < 4.78 is 13.3. The van der Waals surface area contributed by atoms with Crippen molar-refractivity contribution in [3.63, 3.8) is 0 Å². The molecule has 1 N–H and O–H groups in total. The SMILES string of the molecule is Cc1cc(C2CCC2CNCC(C)C)ccc1F. The van der Waals surface area contributed by atoms with E-state index in [1.807, 2.05) is 19.1 Å². The van der Waals surface area contributed by atoms with Crippen LogP contribution in [0.15, 0.2) is 18.2 Å². The van der Waals surface area contributed by atoms with Crippen LogP contribution in [-0.4, -0.2) is 13.1 Å². The van der Waals surface area contributed by atoms with Gasteiger partial charge in [-0.1, -0.05) is 26.0 Å². The smallest absolute Gasteiger partial charge is 0.126 e. The Hall–Kier alpha value is -0.890. The van der Waals surface area contributed by atoms with Gasteiger partial charge in [0.2, 0.25) is 0 Å². The van der Waals surface area contributed by atoms with Crippen molar-refractivity contribution in [1.82, 2.24) is 5.32 Å². The Morgan fingerprint density at radius 2 is 2.11 bits per heavy atom. The Labute approximate surface area is 110 Å². The highest BCUT2D eigenvalue weighted by Crippen LogP contribution is 2.42. The van der Waals surface area contributed by atoms with Crippen molar-refractivity contribution in [2.75, 3.05) is 13.1 Å². The van der Waals surface area contributed by atoms with Gasteiger partial charge in [-0.3, -0.25) is 0 Å². The van der Waals surface area contributed by atoms with Gasteiger partial charge in [-0.2, -0.15) is 0 Å². The van der Waals surface area contributed by atoms with Crippen LogP contribution in [0, 0.1) is 24.6 Å². The fourth-order valence-electron chi connectivity index (χ4n) is 2.71. The number of hydrogen-bond donors (Lipinski definition) is 1. The molecule has 100 valence electrons. The molecular weight excluding hydrogens is 225 g/mol. The molecule has 2 atom stereocenters. The third-order valence-corrected chi connectivity index (χ3v) is 3.99. The topological polar surface area (TPSA) is 12.0 Å². The van der Waals surface area contributed by atoms with Crippen LogP contribution in [0.1, 0.15) is 43.7 Å². The first-order valence-electron chi connectivity index (χ1n) is 7.04. The summed E-state index contributed by atoms with van der Waals surface area (Å²) in [5.41, 5.74) is 2.09. The van der Waals surface area contributed by atoms with Crippen LogP contribution in [0.5, 0.6) is 0 Å². The van der Waals surface area contributed by atoms with Gasteiger partial charge in [0.25, 0.3) is 0 Å². The molecule has 2 rings (SSSR count). The average Bonchev–Trinajstić information content (AvgIpc) is 2.27. The first-order valence-corrected chi connectivity index (χ1v) is 7.04. The van der Waals surface area contributed by atoms with Crippen LogP contribution in [-0.2, 0) is 0 Å². The van der Waals surface area contributed by atoms with Gasteiger partial charge in [0.05, 0.1) is 0 Å². The molecule has 1 fully saturated rings. The highest BCUT2D eigenvalue weighted by molar-refractivity contribution is 5.28. The van der Waals surface area contributed by atoms with E-state index >= 15 is 0 Å². The monoisotopic (exact) mass is 249 g/mol. The fourth-order valence-corrected chi connectivity index (χ4v) is 2.71. The molecular formula is C16H24FN. The number of aryl methyl sites for hydroxylation is 1. The van der Waals surface area contributed by atoms with Gasteiger partial charge in [-0.05, 0) is 67.8 Å². The largest absolute Gasteiger partial charge is 0.316 e. The minimum absolute atomic E-state index is 0.0902. The summed E-state index contributed by atoms with van der Waals surface area (Å²) in [5, 5.41) is 3.54. The first kappa shape index (κ1) is 13.5. The third kappa shape index (κ3) is 3.11. The van der Waals surface area contributed by atoms with Gasteiger partial charge in [-0.15, -0.1) is 0 Å². The van der Waals surface area contributed by atoms with Gasteiger partial charge in [0.1, 0.15) is 5.82 Å². The van der Waals surface area contributed by atoms with Gasteiger partial charge in [0, 0.05) is 0 Å². The summed E-state index contributed by atoms with van der Waals surface area (Å²) in [5.74, 6) is 1.97. The molecule has 0 amide bonds. The van der Waals surface area contributed by atoms with E-state index in [9.17, 15) is 4.39 Å². The van der Waals surface area contributed by atoms with E-state index < -0.39 is 0 Å². The Morgan fingerprint density at radius 3 is 2.67 bits per heavy atom. The molecule has 18 heavy (non-hydrogen) atoms. The second-order valence-electron chi connectivity index (χ2n) is 6.00. The molecule has 1 aliphatic carbocycles. The molecule has 1 nitrogen and oxygen atoms in total.